The molecule has 30 heavy (non-hydrogen) atoms. The number of amides is 1. The van der Waals surface area contributed by atoms with Crippen LogP contribution in [0.1, 0.15) is 22.6 Å². The van der Waals surface area contributed by atoms with Crippen molar-refractivity contribution in [2.75, 3.05) is 26.0 Å². The van der Waals surface area contributed by atoms with Crippen molar-refractivity contribution in [2.45, 2.75) is 5.92 Å². The van der Waals surface area contributed by atoms with E-state index in [1.54, 1.807) is 13.2 Å². The molecule has 1 aliphatic carbocycles. The van der Waals surface area contributed by atoms with E-state index in [0.29, 0.717) is 24.6 Å². The van der Waals surface area contributed by atoms with Gasteiger partial charge in [-0.1, -0.05) is 60.7 Å². The number of alkyl carbamates (subject to hydrolysis) is 1. The Bertz CT molecular complexity index is 1050. The summed E-state index contributed by atoms with van der Waals surface area (Å²) in [7, 11) is 1.60. The molecule has 0 heterocycles. The zero-order valence-electron chi connectivity index (χ0n) is 16.8. The summed E-state index contributed by atoms with van der Waals surface area (Å²) in [5, 5.41) is 2.76. The van der Waals surface area contributed by atoms with E-state index in [9.17, 15) is 4.79 Å². The van der Waals surface area contributed by atoms with Gasteiger partial charge in [-0.2, -0.15) is 0 Å². The molecule has 0 bridgehead atoms. The first-order valence-electron chi connectivity index (χ1n) is 9.85. The Kier molecular flexibility index (Phi) is 5.70. The van der Waals surface area contributed by atoms with Crippen molar-refractivity contribution in [2.24, 2.45) is 0 Å². The van der Waals surface area contributed by atoms with E-state index in [1.807, 2.05) is 48.6 Å². The maximum atomic E-state index is 12.2. The van der Waals surface area contributed by atoms with Crippen LogP contribution in [0.5, 0.6) is 5.75 Å². The van der Waals surface area contributed by atoms with Crippen molar-refractivity contribution in [1.82, 2.24) is 5.32 Å². The Hall–Kier alpha value is -3.73. The van der Waals surface area contributed by atoms with E-state index in [0.717, 1.165) is 5.56 Å². The van der Waals surface area contributed by atoms with Gasteiger partial charge in [0.05, 0.1) is 7.11 Å². The Labute approximate surface area is 176 Å². The summed E-state index contributed by atoms with van der Waals surface area (Å²) in [6.07, 6.45) is 3.28. The standard InChI is InChI=1S/C25H24N2O3/c1-29-19-14-17(13-18(26)15-19)7-6-12-27-25(28)30-16-24-22-10-4-2-8-20(22)21-9-3-5-11-23(21)24/h2-11,13-15,24H,12,16,26H2,1H3,(H,27,28). The molecular formula is C25H24N2O3. The molecule has 4 rings (SSSR count). The second-order valence-corrected chi connectivity index (χ2v) is 7.15. The van der Waals surface area contributed by atoms with Crippen molar-refractivity contribution in [3.05, 3.63) is 89.5 Å². The molecular weight excluding hydrogens is 376 g/mol. The molecule has 0 unspecified atom stereocenters. The van der Waals surface area contributed by atoms with Crippen LogP contribution < -0.4 is 15.8 Å². The molecule has 152 valence electrons. The Balaban J connectivity index is 1.33. The average Bonchev–Trinajstić information content (AvgIpc) is 3.09. The third-order valence-electron chi connectivity index (χ3n) is 5.21. The summed E-state index contributed by atoms with van der Waals surface area (Å²) < 4.78 is 10.7. The monoisotopic (exact) mass is 400 g/mol. The molecule has 0 saturated heterocycles. The number of carbonyl (C=O) groups excluding carboxylic acids is 1. The van der Waals surface area contributed by atoms with Gasteiger partial charge in [0, 0.05) is 24.2 Å². The quantitative estimate of drug-likeness (QED) is 0.581. The number of anilines is 1. The van der Waals surface area contributed by atoms with E-state index in [-0.39, 0.29) is 5.92 Å². The predicted octanol–water partition coefficient (Wildman–Crippen LogP) is 4.83. The van der Waals surface area contributed by atoms with Crippen LogP contribution in [-0.4, -0.2) is 26.4 Å². The summed E-state index contributed by atoms with van der Waals surface area (Å²) in [4.78, 5) is 12.2. The minimum Gasteiger partial charge on any atom is -0.497 e. The van der Waals surface area contributed by atoms with Crippen molar-refractivity contribution < 1.29 is 14.3 Å². The van der Waals surface area contributed by atoms with Crippen LogP contribution >= 0.6 is 0 Å². The summed E-state index contributed by atoms with van der Waals surface area (Å²) in [5.41, 5.74) is 12.2. The molecule has 0 fully saturated rings. The smallest absolute Gasteiger partial charge is 0.407 e. The van der Waals surface area contributed by atoms with Crippen LogP contribution in [0.25, 0.3) is 17.2 Å². The molecule has 0 spiro atoms. The van der Waals surface area contributed by atoms with Crippen molar-refractivity contribution in [1.29, 1.82) is 0 Å². The van der Waals surface area contributed by atoms with Gasteiger partial charge in [0.15, 0.2) is 0 Å². The molecule has 3 aromatic carbocycles. The van der Waals surface area contributed by atoms with E-state index in [2.05, 4.69) is 29.6 Å². The third-order valence-corrected chi connectivity index (χ3v) is 5.21. The number of ether oxygens (including phenoxy) is 2. The molecule has 0 aliphatic heterocycles. The van der Waals surface area contributed by atoms with Gasteiger partial charge < -0.3 is 20.5 Å². The molecule has 5 nitrogen and oxygen atoms in total. The normalized spacial score (nSPS) is 12.4. The number of methoxy groups -OCH3 is 1. The van der Waals surface area contributed by atoms with Crippen LogP contribution in [0, 0.1) is 0 Å². The van der Waals surface area contributed by atoms with Crippen molar-refractivity contribution >= 4 is 17.9 Å². The highest BCUT2D eigenvalue weighted by molar-refractivity contribution is 5.79. The first-order valence-corrected chi connectivity index (χ1v) is 9.85. The average molecular weight is 400 g/mol. The van der Waals surface area contributed by atoms with Crippen LogP contribution in [-0.2, 0) is 4.74 Å². The van der Waals surface area contributed by atoms with Gasteiger partial charge in [-0.15, -0.1) is 0 Å². The van der Waals surface area contributed by atoms with E-state index in [1.165, 1.54) is 22.3 Å². The first kappa shape index (κ1) is 19.6. The van der Waals surface area contributed by atoms with Gasteiger partial charge in [0.25, 0.3) is 0 Å². The zero-order valence-corrected chi connectivity index (χ0v) is 16.8. The Morgan fingerprint density at radius 1 is 1.03 bits per heavy atom. The van der Waals surface area contributed by atoms with E-state index >= 15 is 0 Å². The SMILES string of the molecule is COc1cc(N)cc(C=CCNC(=O)OCC2c3ccccc3-c3ccccc32)c1. The number of hydrogen-bond acceptors (Lipinski definition) is 4. The third kappa shape index (κ3) is 4.15. The van der Waals surface area contributed by atoms with Gasteiger partial charge in [-0.25, -0.2) is 4.79 Å². The first-order chi connectivity index (χ1) is 14.7. The lowest BCUT2D eigenvalue weighted by molar-refractivity contribution is 0.144. The highest BCUT2D eigenvalue weighted by atomic mass is 16.5. The maximum absolute atomic E-state index is 12.2. The molecule has 0 aromatic heterocycles. The lowest BCUT2D eigenvalue weighted by Gasteiger charge is -2.14. The van der Waals surface area contributed by atoms with Gasteiger partial charge in [-0.05, 0) is 39.9 Å². The molecule has 3 aromatic rings. The topological polar surface area (TPSA) is 73.6 Å². The van der Waals surface area contributed by atoms with Gasteiger partial charge in [-0.3, -0.25) is 0 Å². The summed E-state index contributed by atoms with van der Waals surface area (Å²) in [6, 6.07) is 22.0. The molecule has 5 heteroatoms. The van der Waals surface area contributed by atoms with Gasteiger partial charge in [0.1, 0.15) is 12.4 Å². The minimum atomic E-state index is -0.438. The summed E-state index contributed by atoms with van der Waals surface area (Å²) in [5.74, 6) is 0.748. The van der Waals surface area contributed by atoms with Crippen molar-refractivity contribution in [3.8, 4) is 16.9 Å². The number of nitrogen functional groups attached to an aromatic ring is 1. The van der Waals surface area contributed by atoms with Crippen molar-refractivity contribution in [3.63, 3.8) is 0 Å². The fourth-order valence-corrected chi connectivity index (χ4v) is 3.85. The van der Waals surface area contributed by atoms with Gasteiger partial charge >= 0.3 is 6.09 Å². The molecule has 0 atom stereocenters. The summed E-state index contributed by atoms with van der Waals surface area (Å²) in [6.45, 7) is 0.657. The second-order valence-electron chi connectivity index (χ2n) is 7.15. The number of hydrogen-bond donors (Lipinski definition) is 2. The zero-order chi connectivity index (χ0) is 20.9. The van der Waals surface area contributed by atoms with Crippen LogP contribution in [0.2, 0.25) is 0 Å². The summed E-state index contributed by atoms with van der Waals surface area (Å²) >= 11 is 0. The number of nitrogens with one attached hydrogen (secondary N) is 1. The van der Waals surface area contributed by atoms with E-state index < -0.39 is 6.09 Å². The predicted molar refractivity (Wildman–Crippen MR) is 120 cm³/mol. The van der Waals surface area contributed by atoms with Crippen LogP contribution in [0.15, 0.2) is 72.8 Å². The molecule has 0 radical (unpaired) electrons. The molecule has 1 amide bonds. The number of rotatable bonds is 6. The Morgan fingerprint density at radius 2 is 1.70 bits per heavy atom. The number of carbonyl (C=O) groups is 1. The lowest BCUT2D eigenvalue weighted by atomic mass is 9.98. The van der Waals surface area contributed by atoms with Gasteiger partial charge in [0.2, 0.25) is 0 Å². The Morgan fingerprint density at radius 3 is 2.37 bits per heavy atom. The van der Waals surface area contributed by atoms with Crippen LogP contribution in [0.4, 0.5) is 10.5 Å². The fourth-order valence-electron chi connectivity index (χ4n) is 3.85. The lowest BCUT2D eigenvalue weighted by Crippen LogP contribution is -2.26. The maximum Gasteiger partial charge on any atom is 0.407 e. The minimum absolute atomic E-state index is 0.0541. The fraction of sp³-hybridized carbons (Fsp3) is 0.160. The highest BCUT2D eigenvalue weighted by Gasteiger charge is 2.28. The van der Waals surface area contributed by atoms with Crippen LogP contribution in [0.3, 0.4) is 0 Å². The molecule has 0 saturated carbocycles. The highest BCUT2D eigenvalue weighted by Crippen LogP contribution is 2.44. The molecule has 3 N–H and O–H groups in total. The molecule has 1 aliphatic rings. The van der Waals surface area contributed by atoms with E-state index in [4.69, 9.17) is 15.2 Å². The second kappa shape index (κ2) is 8.74. The number of nitrogens with two attached hydrogens (primary N) is 1. The number of benzene rings is 3. The largest absolute Gasteiger partial charge is 0.497 e. The number of fused-ring (bicyclic) bond motifs is 3.